The van der Waals surface area contributed by atoms with E-state index in [2.05, 4.69) is 5.32 Å². The fourth-order valence-electron chi connectivity index (χ4n) is 1.45. The molecule has 0 aliphatic heterocycles. The predicted molar refractivity (Wildman–Crippen MR) is 71.5 cm³/mol. The van der Waals surface area contributed by atoms with Crippen LogP contribution < -0.4 is 11.1 Å². The number of nitrogens with two attached hydrogens (primary N) is 1. The van der Waals surface area contributed by atoms with Gasteiger partial charge in [-0.2, -0.15) is 0 Å². The molecule has 6 nitrogen and oxygen atoms in total. The minimum atomic E-state index is -1.22. The number of esters is 2. The van der Waals surface area contributed by atoms with Crippen molar-refractivity contribution in [3.05, 3.63) is 24.3 Å². The third kappa shape index (κ3) is 4.17. The van der Waals surface area contributed by atoms with Crippen molar-refractivity contribution in [3.8, 4) is 0 Å². The van der Waals surface area contributed by atoms with Crippen LogP contribution in [0.1, 0.15) is 13.8 Å². The normalized spacial score (nSPS) is 10.1. The summed E-state index contributed by atoms with van der Waals surface area (Å²) < 4.78 is 9.68. The zero-order valence-corrected chi connectivity index (χ0v) is 11.0. The molecule has 104 valence electrons. The van der Waals surface area contributed by atoms with Crippen molar-refractivity contribution in [2.45, 2.75) is 19.9 Å². The van der Waals surface area contributed by atoms with Crippen molar-refractivity contribution >= 4 is 23.3 Å². The van der Waals surface area contributed by atoms with E-state index in [0.29, 0.717) is 11.4 Å². The Morgan fingerprint density at radius 3 is 2.16 bits per heavy atom. The first kappa shape index (κ1) is 14.8. The van der Waals surface area contributed by atoms with Crippen molar-refractivity contribution in [2.75, 3.05) is 24.3 Å². The quantitative estimate of drug-likeness (QED) is 0.456. The number of carbonyl (C=O) groups is 2. The standard InChI is InChI=1S/C13H18N2O4/c1-3-18-12(16)11(13(17)19-4-2)15-10-8-6-5-7-9(10)14/h5-8,11,15H,3-4,14H2,1-2H3. The fourth-order valence-corrected chi connectivity index (χ4v) is 1.45. The molecule has 0 aliphatic carbocycles. The number of ether oxygens (including phenoxy) is 2. The Morgan fingerprint density at radius 1 is 1.16 bits per heavy atom. The van der Waals surface area contributed by atoms with Crippen molar-refractivity contribution in [1.29, 1.82) is 0 Å². The van der Waals surface area contributed by atoms with Crippen LogP contribution in [0.5, 0.6) is 0 Å². The number of carbonyl (C=O) groups excluding carboxylic acids is 2. The van der Waals surface area contributed by atoms with Gasteiger partial charge in [-0.1, -0.05) is 12.1 Å². The average molecular weight is 266 g/mol. The summed E-state index contributed by atoms with van der Waals surface area (Å²) in [7, 11) is 0. The molecule has 0 amide bonds. The van der Waals surface area contributed by atoms with E-state index in [-0.39, 0.29) is 13.2 Å². The number of hydrogen-bond acceptors (Lipinski definition) is 6. The number of rotatable bonds is 6. The Morgan fingerprint density at radius 2 is 1.68 bits per heavy atom. The van der Waals surface area contributed by atoms with Crippen molar-refractivity contribution in [3.63, 3.8) is 0 Å². The lowest BCUT2D eigenvalue weighted by molar-refractivity contribution is -0.155. The Hall–Kier alpha value is -2.24. The number of nitrogens with one attached hydrogen (secondary N) is 1. The molecule has 0 saturated carbocycles. The molecule has 1 aromatic carbocycles. The van der Waals surface area contributed by atoms with E-state index in [1.165, 1.54) is 0 Å². The molecular formula is C13H18N2O4. The van der Waals surface area contributed by atoms with Crippen LogP contribution in [0.15, 0.2) is 24.3 Å². The maximum Gasteiger partial charge on any atom is 0.340 e. The van der Waals surface area contributed by atoms with Gasteiger partial charge in [0.25, 0.3) is 0 Å². The van der Waals surface area contributed by atoms with Gasteiger partial charge < -0.3 is 20.5 Å². The average Bonchev–Trinajstić information content (AvgIpc) is 2.38. The highest BCUT2D eigenvalue weighted by atomic mass is 16.6. The van der Waals surface area contributed by atoms with Crippen molar-refractivity contribution in [1.82, 2.24) is 0 Å². The minimum absolute atomic E-state index is 0.181. The molecule has 19 heavy (non-hydrogen) atoms. The van der Waals surface area contributed by atoms with Gasteiger partial charge in [-0.15, -0.1) is 0 Å². The van der Waals surface area contributed by atoms with Crippen LogP contribution in [0.3, 0.4) is 0 Å². The highest BCUT2D eigenvalue weighted by Gasteiger charge is 2.29. The van der Waals surface area contributed by atoms with Crippen LogP contribution in [-0.4, -0.2) is 31.2 Å². The van der Waals surface area contributed by atoms with Crippen LogP contribution in [0.2, 0.25) is 0 Å². The molecular weight excluding hydrogens is 248 g/mol. The molecule has 0 aromatic heterocycles. The van der Waals surface area contributed by atoms with Crippen LogP contribution in [-0.2, 0) is 19.1 Å². The first-order chi connectivity index (χ1) is 9.10. The van der Waals surface area contributed by atoms with Gasteiger partial charge in [-0.05, 0) is 26.0 Å². The second-order valence-electron chi connectivity index (χ2n) is 3.67. The summed E-state index contributed by atoms with van der Waals surface area (Å²) in [5, 5.41) is 2.74. The first-order valence-electron chi connectivity index (χ1n) is 6.04. The molecule has 3 N–H and O–H groups in total. The molecule has 0 saturated heterocycles. The van der Waals surface area contributed by atoms with Crippen LogP contribution in [0, 0.1) is 0 Å². The van der Waals surface area contributed by atoms with E-state index in [9.17, 15) is 9.59 Å². The van der Waals surface area contributed by atoms with Gasteiger partial charge in [-0.3, -0.25) is 0 Å². The molecule has 6 heteroatoms. The first-order valence-corrected chi connectivity index (χ1v) is 6.04. The maximum atomic E-state index is 11.7. The lowest BCUT2D eigenvalue weighted by Gasteiger charge is -2.17. The minimum Gasteiger partial charge on any atom is -0.464 e. The summed E-state index contributed by atoms with van der Waals surface area (Å²) >= 11 is 0. The maximum absolute atomic E-state index is 11.7. The van der Waals surface area contributed by atoms with Crippen LogP contribution in [0.25, 0.3) is 0 Å². The SMILES string of the molecule is CCOC(=O)C(Nc1ccccc1N)C(=O)OCC. The van der Waals surface area contributed by atoms with E-state index >= 15 is 0 Å². The van der Waals surface area contributed by atoms with Crippen molar-refractivity contribution < 1.29 is 19.1 Å². The van der Waals surface area contributed by atoms with E-state index in [4.69, 9.17) is 15.2 Å². The zero-order valence-electron chi connectivity index (χ0n) is 11.0. The number of para-hydroxylation sites is 2. The highest BCUT2D eigenvalue weighted by Crippen LogP contribution is 2.18. The molecule has 0 atom stereocenters. The third-order valence-electron chi connectivity index (χ3n) is 2.31. The number of anilines is 2. The van der Waals surface area contributed by atoms with Gasteiger partial charge in [-0.25, -0.2) is 9.59 Å². The van der Waals surface area contributed by atoms with E-state index < -0.39 is 18.0 Å². The number of benzene rings is 1. The molecule has 0 spiro atoms. The second kappa shape index (κ2) is 7.25. The summed E-state index contributed by atoms with van der Waals surface area (Å²) in [5.41, 5.74) is 6.66. The van der Waals surface area contributed by atoms with Gasteiger partial charge in [0, 0.05) is 0 Å². The third-order valence-corrected chi connectivity index (χ3v) is 2.31. The molecule has 1 rings (SSSR count). The number of hydrogen-bond donors (Lipinski definition) is 2. The summed E-state index contributed by atoms with van der Waals surface area (Å²) in [5.74, 6) is -1.38. The lowest BCUT2D eigenvalue weighted by atomic mass is 10.2. The molecule has 0 heterocycles. The largest absolute Gasteiger partial charge is 0.464 e. The zero-order chi connectivity index (χ0) is 14.3. The van der Waals surface area contributed by atoms with Gasteiger partial charge in [0.05, 0.1) is 24.6 Å². The molecule has 0 unspecified atom stereocenters. The molecule has 0 bridgehead atoms. The Kier molecular flexibility index (Phi) is 5.66. The van der Waals surface area contributed by atoms with Gasteiger partial charge in [0.2, 0.25) is 6.04 Å². The fraction of sp³-hybridized carbons (Fsp3) is 0.385. The van der Waals surface area contributed by atoms with Crippen LogP contribution in [0.4, 0.5) is 11.4 Å². The highest BCUT2D eigenvalue weighted by molar-refractivity contribution is 6.02. The molecule has 0 fully saturated rings. The Bertz CT molecular complexity index is 430. The Balaban J connectivity index is 2.88. The Labute approximate surface area is 111 Å². The van der Waals surface area contributed by atoms with E-state index in [0.717, 1.165) is 0 Å². The van der Waals surface area contributed by atoms with E-state index in [1.807, 2.05) is 0 Å². The van der Waals surface area contributed by atoms with E-state index in [1.54, 1.807) is 38.1 Å². The number of nitrogen functional groups attached to an aromatic ring is 1. The van der Waals surface area contributed by atoms with Gasteiger partial charge in [0.1, 0.15) is 0 Å². The topological polar surface area (TPSA) is 90.6 Å². The lowest BCUT2D eigenvalue weighted by Crippen LogP contribution is -2.40. The van der Waals surface area contributed by atoms with Crippen molar-refractivity contribution in [2.24, 2.45) is 0 Å². The summed E-state index contributed by atoms with van der Waals surface area (Å²) in [6.45, 7) is 3.69. The summed E-state index contributed by atoms with van der Waals surface area (Å²) in [6, 6.07) is 5.61. The molecule has 0 aliphatic rings. The van der Waals surface area contributed by atoms with Gasteiger partial charge in [0.15, 0.2) is 0 Å². The van der Waals surface area contributed by atoms with Gasteiger partial charge >= 0.3 is 11.9 Å². The molecule has 1 aromatic rings. The molecule has 0 radical (unpaired) electrons. The second-order valence-corrected chi connectivity index (χ2v) is 3.67. The monoisotopic (exact) mass is 266 g/mol. The summed E-state index contributed by atoms with van der Waals surface area (Å²) in [4.78, 5) is 23.5. The van der Waals surface area contributed by atoms with Crippen LogP contribution >= 0.6 is 0 Å². The predicted octanol–water partition coefficient (Wildman–Crippen LogP) is 1.18. The summed E-state index contributed by atoms with van der Waals surface area (Å²) in [6.07, 6.45) is 0. The smallest absolute Gasteiger partial charge is 0.340 e.